The van der Waals surface area contributed by atoms with Crippen molar-refractivity contribution in [2.24, 2.45) is 5.73 Å². The van der Waals surface area contributed by atoms with Crippen molar-refractivity contribution in [1.82, 2.24) is 4.98 Å². The number of nitrogens with two attached hydrogens (primary N) is 1. The molecule has 1 aromatic carbocycles. The zero-order valence-electron chi connectivity index (χ0n) is 11.0. The maximum Gasteiger partial charge on any atom is 0.332 e. The van der Waals surface area contributed by atoms with Crippen LogP contribution in [0.15, 0.2) is 36.5 Å². The second kappa shape index (κ2) is 6.12. The molecule has 3 N–H and O–H groups in total. The molecule has 1 unspecified atom stereocenters. The summed E-state index contributed by atoms with van der Waals surface area (Å²) in [5.41, 5.74) is 6.68. The Kier molecular flexibility index (Phi) is 4.27. The summed E-state index contributed by atoms with van der Waals surface area (Å²) in [6.07, 6.45) is 1.63. The molecule has 0 aliphatic heterocycles. The van der Waals surface area contributed by atoms with E-state index in [0.717, 1.165) is 5.39 Å². The Morgan fingerprint density at radius 2 is 2.10 bits per heavy atom. The van der Waals surface area contributed by atoms with Crippen LogP contribution >= 0.6 is 0 Å². The molecule has 0 radical (unpaired) electrons. The van der Waals surface area contributed by atoms with Gasteiger partial charge in [-0.1, -0.05) is 18.2 Å². The predicted octanol–water partition coefficient (Wildman–Crippen LogP) is 1.06. The van der Waals surface area contributed by atoms with Crippen molar-refractivity contribution in [2.75, 3.05) is 11.9 Å². The summed E-state index contributed by atoms with van der Waals surface area (Å²) in [5, 5.41) is 3.48. The first-order valence-electron chi connectivity index (χ1n) is 6.20. The van der Waals surface area contributed by atoms with Gasteiger partial charge in [0.15, 0.2) is 6.04 Å². The van der Waals surface area contributed by atoms with Crippen molar-refractivity contribution < 1.29 is 14.3 Å². The van der Waals surface area contributed by atoms with Crippen LogP contribution in [0.5, 0.6) is 0 Å². The van der Waals surface area contributed by atoms with E-state index in [0.29, 0.717) is 11.2 Å². The third-order valence-electron chi connectivity index (χ3n) is 2.71. The lowest BCUT2D eigenvalue weighted by Crippen LogP contribution is -2.43. The molecule has 0 saturated carbocycles. The van der Waals surface area contributed by atoms with E-state index in [1.165, 1.54) is 0 Å². The second-order valence-electron chi connectivity index (χ2n) is 4.10. The quantitative estimate of drug-likeness (QED) is 0.641. The molecule has 6 nitrogen and oxygen atoms in total. The van der Waals surface area contributed by atoms with E-state index in [-0.39, 0.29) is 6.61 Å². The number of benzene rings is 1. The summed E-state index contributed by atoms with van der Waals surface area (Å²) in [4.78, 5) is 27.5. The van der Waals surface area contributed by atoms with E-state index in [4.69, 9.17) is 10.5 Å². The van der Waals surface area contributed by atoms with Crippen LogP contribution in [0.4, 0.5) is 5.69 Å². The van der Waals surface area contributed by atoms with Crippen molar-refractivity contribution in [3.05, 3.63) is 36.5 Å². The first kappa shape index (κ1) is 14.0. The fourth-order valence-electron chi connectivity index (χ4n) is 1.75. The number of nitrogens with one attached hydrogen (secondary N) is 1. The van der Waals surface area contributed by atoms with Crippen molar-refractivity contribution >= 4 is 28.5 Å². The molecule has 1 amide bonds. The Labute approximate surface area is 115 Å². The summed E-state index contributed by atoms with van der Waals surface area (Å²) in [6, 6.07) is 7.69. The van der Waals surface area contributed by atoms with E-state index in [2.05, 4.69) is 10.3 Å². The van der Waals surface area contributed by atoms with Gasteiger partial charge in [0.05, 0.1) is 17.8 Å². The highest BCUT2D eigenvalue weighted by Crippen LogP contribution is 2.20. The standard InChI is InChI=1S/C14H15N3O3/c1-2-20-14(19)11(15)13(18)17-10-7-3-5-9-6-4-8-16-12(9)10/h3-8,11H,2,15H2,1H3,(H,17,18). The summed E-state index contributed by atoms with van der Waals surface area (Å²) in [5.74, 6) is -1.38. The molecular formula is C14H15N3O3. The number of carbonyl (C=O) groups is 2. The SMILES string of the molecule is CCOC(=O)C(N)C(=O)Nc1cccc2cccnc12. The van der Waals surface area contributed by atoms with Crippen LogP contribution in [0.25, 0.3) is 10.9 Å². The minimum absolute atomic E-state index is 0.176. The van der Waals surface area contributed by atoms with Gasteiger partial charge in [0, 0.05) is 11.6 Å². The highest BCUT2D eigenvalue weighted by molar-refractivity contribution is 6.10. The Morgan fingerprint density at radius 1 is 1.35 bits per heavy atom. The second-order valence-corrected chi connectivity index (χ2v) is 4.10. The number of ether oxygens (including phenoxy) is 1. The van der Waals surface area contributed by atoms with Crippen LogP contribution in [-0.4, -0.2) is 29.5 Å². The van der Waals surface area contributed by atoms with E-state index in [1.807, 2.05) is 12.1 Å². The largest absolute Gasteiger partial charge is 0.464 e. The zero-order valence-corrected chi connectivity index (χ0v) is 11.0. The average Bonchev–Trinajstić information content (AvgIpc) is 2.47. The Balaban J connectivity index is 2.20. The van der Waals surface area contributed by atoms with Gasteiger partial charge in [-0.2, -0.15) is 0 Å². The van der Waals surface area contributed by atoms with Gasteiger partial charge in [0.2, 0.25) is 0 Å². The number of fused-ring (bicyclic) bond motifs is 1. The van der Waals surface area contributed by atoms with E-state index >= 15 is 0 Å². The minimum atomic E-state index is -1.35. The molecule has 1 heterocycles. The fourth-order valence-corrected chi connectivity index (χ4v) is 1.75. The van der Waals surface area contributed by atoms with Gasteiger partial charge < -0.3 is 15.8 Å². The number of aromatic nitrogens is 1. The molecule has 2 aromatic rings. The summed E-state index contributed by atoms with van der Waals surface area (Å²) in [7, 11) is 0. The Morgan fingerprint density at radius 3 is 2.85 bits per heavy atom. The van der Waals surface area contributed by atoms with Gasteiger partial charge >= 0.3 is 5.97 Å². The molecule has 0 saturated heterocycles. The smallest absolute Gasteiger partial charge is 0.332 e. The van der Waals surface area contributed by atoms with E-state index in [1.54, 1.807) is 31.3 Å². The Bertz CT molecular complexity index is 637. The lowest BCUT2D eigenvalue weighted by molar-refractivity contribution is -0.146. The fraction of sp³-hybridized carbons (Fsp3) is 0.214. The number of hydrogen-bond acceptors (Lipinski definition) is 5. The first-order chi connectivity index (χ1) is 9.63. The molecule has 6 heteroatoms. The molecular weight excluding hydrogens is 258 g/mol. The van der Waals surface area contributed by atoms with Gasteiger partial charge in [0.25, 0.3) is 5.91 Å². The number of hydrogen-bond donors (Lipinski definition) is 2. The molecule has 0 aliphatic rings. The summed E-state index contributed by atoms with van der Waals surface area (Å²) in [6.45, 7) is 1.83. The molecule has 1 aromatic heterocycles. The number of amides is 1. The number of para-hydroxylation sites is 1. The third-order valence-corrected chi connectivity index (χ3v) is 2.71. The number of anilines is 1. The minimum Gasteiger partial charge on any atom is -0.464 e. The van der Waals surface area contributed by atoms with Crippen LogP contribution < -0.4 is 11.1 Å². The molecule has 2 rings (SSSR count). The maximum atomic E-state index is 11.9. The normalized spacial score (nSPS) is 11.9. The van der Waals surface area contributed by atoms with Gasteiger partial charge in [0.1, 0.15) is 0 Å². The predicted molar refractivity (Wildman–Crippen MR) is 75.0 cm³/mol. The lowest BCUT2D eigenvalue weighted by atomic mass is 10.2. The van der Waals surface area contributed by atoms with Gasteiger partial charge in [-0.3, -0.25) is 9.78 Å². The number of rotatable bonds is 4. The number of esters is 1. The van der Waals surface area contributed by atoms with E-state index < -0.39 is 17.9 Å². The van der Waals surface area contributed by atoms with Crippen LogP contribution in [-0.2, 0) is 14.3 Å². The third kappa shape index (κ3) is 2.92. The molecule has 0 fully saturated rings. The van der Waals surface area contributed by atoms with Crippen molar-refractivity contribution in [3.8, 4) is 0 Å². The molecule has 0 aliphatic carbocycles. The first-order valence-corrected chi connectivity index (χ1v) is 6.20. The van der Waals surface area contributed by atoms with Gasteiger partial charge in [-0.25, -0.2) is 4.79 Å². The monoisotopic (exact) mass is 273 g/mol. The number of pyridine rings is 1. The maximum absolute atomic E-state index is 11.9. The molecule has 20 heavy (non-hydrogen) atoms. The summed E-state index contributed by atoms with van der Waals surface area (Å²) < 4.78 is 4.71. The van der Waals surface area contributed by atoms with E-state index in [9.17, 15) is 9.59 Å². The van der Waals surface area contributed by atoms with Gasteiger partial charge in [-0.15, -0.1) is 0 Å². The topological polar surface area (TPSA) is 94.3 Å². The van der Waals surface area contributed by atoms with Gasteiger partial charge in [-0.05, 0) is 19.1 Å². The average molecular weight is 273 g/mol. The van der Waals surface area contributed by atoms with Crippen molar-refractivity contribution in [1.29, 1.82) is 0 Å². The molecule has 0 spiro atoms. The zero-order chi connectivity index (χ0) is 14.5. The van der Waals surface area contributed by atoms with Crippen molar-refractivity contribution in [2.45, 2.75) is 13.0 Å². The number of nitrogens with zero attached hydrogens (tertiary/aromatic N) is 1. The highest BCUT2D eigenvalue weighted by Gasteiger charge is 2.23. The molecule has 104 valence electrons. The molecule has 1 atom stereocenters. The summed E-state index contributed by atoms with van der Waals surface area (Å²) >= 11 is 0. The van der Waals surface area contributed by atoms with Crippen molar-refractivity contribution in [3.63, 3.8) is 0 Å². The molecule has 0 bridgehead atoms. The Hall–Kier alpha value is -2.47. The van der Waals surface area contributed by atoms with Crippen LogP contribution in [0.2, 0.25) is 0 Å². The highest BCUT2D eigenvalue weighted by atomic mass is 16.5. The van der Waals surface area contributed by atoms with Crippen LogP contribution in [0, 0.1) is 0 Å². The van der Waals surface area contributed by atoms with Crippen LogP contribution in [0.1, 0.15) is 6.92 Å². The van der Waals surface area contributed by atoms with Crippen LogP contribution in [0.3, 0.4) is 0 Å². The lowest BCUT2D eigenvalue weighted by Gasteiger charge is -2.12. The number of carbonyl (C=O) groups excluding carboxylic acids is 2.